The van der Waals surface area contributed by atoms with Crippen molar-refractivity contribution in [1.82, 2.24) is 20.6 Å². The number of carbonyl (C=O) groups is 4. The Morgan fingerprint density at radius 3 is 2.77 bits per heavy atom. The number of carbonyl (C=O) groups excluding carboxylic acids is 4. The van der Waals surface area contributed by atoms with E-state index in [4.69, 9.17) is 4.84 Å². The van der Waals surface area contributed by atoms with Crippen molar-refractivity contribution in [3.05, 3.63) is 29.3 Å². The van der Waals surface area contributed by atoms with Crippen LogP contribution in [0.5, 0.6) is 5.75 Å². The topological polar surface area (TPSA) is 108 Å². The highest BCUT2D eigenvalue weighted by molar-refractivity contribution is 6.05. The van der Waals surface area contributed by atoms with Gasteiger partial charge in [0.05, 0.1) is 19.6 Å². The van der Waals surface area contributed by atoms with Gasteiger partial charge in [-0.1, -0.05) is 6.07 Å². The molecule has 1 aromatic carbocycles. The Morgan fingerprint density at radius 2 is 2.00 bits per heavy atom. The molecule has 1 atom stereocenters. The Balaban J connectivity index is 1.57. The highest BCUT2D eigenvalue weighted by Gasteiger charge is 2.40. The molecule has 4 rings (SSSR count). The number of benzene rings is 1. The van der Waals surface area contributed by atoms with Gasteiger partial charge < -0.3 is 15.1 Å². The molecule has 26 heavy (non-hydrogen) atoms. The number of hydrogen-bond acceptors (Lipinski definition) is 6. The molecule has 2 saturated heterocycles. The minimum atomic E-state index is -0.679. The maximum absolute atomic E-state index is 12.7. The van der Waals surface area contributed by atoms with Gasteiger partial charge in [0, 0.05) is 24.1 Å². The molecule has 2 N–H and O–H groups in total. The average Bonchev–Trinajstić information content (AvgIpc) is 2.95. The van der Waals surface area contributed by atoms with Gasteiger partial charge in [-0.2, -0.15) is 5.06 Å². The van der Waals surface area contributed by atoms with E-state index in [1.807, 2.05) is 0 Å². The van der Waals surface area contributed by atoms with E-state index in [0.29, 0.717) is 36.4 Å². The number of hydrogen-bond donors (Lipinski definition) is 2. The minimum Gasteiger partial charge on any atom is -0.376 e. The standard InChI is InChI=1S/C17H18N4O5/c22-14-5-4-12(16(24)19-14)20-9-11-10(17(20)25)2-1-3-13(11)26-21-7-6-18-8-15(21)23/h1-3,12,18H,4-9H2,(H,19,22,24). The SMILES string of the molecule is O=C1CCC(N2Cc3c(ON4CCNCC4=O)cccc3C2=O)C(=O)N1. The second-order valence-electron chi connectivity index (χ2n) is 6.45. The zero-order valence-corrected chi connectivity index (χ0v) is 14.0. The fourth-order valence-corrected chi connectivity index (χ4v) is 3.45. The largest absolute Gasteiger partial charge is 0.376 e. The average molecular weight is 358 g/mol. The third kappa shape index (κ3) is 2.80. The Hall–Kier alpha value is -2.94. The molecule has 3 aliphatic heterocycles. The summed E-state index contributed by atoms with van der Waals surface area (Å²) < 4.78 is 0. The first-order chi connectivity index (χ1) is 12.5. The van der Waals surface area contributed by atoms with Crippen molar-refractivity contribution in [3.8, 4) is 5.75 Å². The monoisotopic (exact) mass is 358 g/mol. The zero-order chi connectivity index (χ0) is 18.3. The summed E-state index contributed by atoms with van der Waals surface area (Å²) in [6.07, 6.45) is 0.506. The number of piperidine rings is 1. The predicted molar refractivity (Wildman–Crippen MR) is 87.7 cm³/mol. The van der Waals surface area contributed by atoms with Crippen LogP contribution in [0.25, 0.3) is 0 Å². The van der Waals surface area contributed by atoms with Crippen LogP contribution < -0.4 is 15.5 Å². The van der Waals surface area contributed by atoms with E-state index >= 15 is 0 Å². The molecule has 9 heteroatoms. The smallest absolute Gasteiger partial charge is 0.269 e. The summed E-state index contributed by atoms with van der Waals surface area (Å²) in [5, 5.41) is 6.52. The summed E-state index contributed by atoms with van der Waals surface area (Å²) in [5.41, 5.74) is 1.10. The van der Waals surface area contributed by atoms with Gasteiger partial charge in [0.1, 0.15) is 6.04 Å². The maximum atomic E-state index is 12.7. The Labute approximate surface area is 149 Å². The van der Waals surface area contributed by atoms with E-state index in [0.717, 1.165) is 0 Å². The van der Waals surface area contributed by atoms with Gasteiger partial charge in [-0.15, -0.1) is 0 Å². The van der Waals surface area contributed by atoms with Crippen LogP contribution in [0.4, 0.5) is 0 Å². The van der Waals surface area contributed by atoms with Crippen molar-refractivity contribution in [2.45, 2.75) is 25.4 Å². The van der Waals surface area contributed by atoms with Crippen LogP contribution >= 0.6 is 0 Å². The van der Waals surface area contributed by atoms with Crippen molar-refractivity contribution in [1.29, 1.82) is 0 Å². The second kappa shape index (κ2) is 6.41. The number of piperazine rings is 1. The van der Waals surface area contributed by atoms with Crippen LogP contribution in [-0.2, 0) is 20.9 Å². The van der Waals surface area contributed by atoms with Crippen LogP contribution in [0.2, 0.25) is 0 Å². The molecule has 0 aromatic heterocycles. The van der Waals surface area contributed by atoms with Gasteiger partial charge in [-0.25, -0.2) is 0 Å². The van der Waals surface area contributed by atoms with Gasteiger partial charge in [-0.3, -0.25) is 24.5 Å². The fourth-order valence-electron chi connectivity index (χ4n) is 3.45. The van der Waals surface area contributed by atoms with E-state index in [1.54, 1.807) is 18.2 Å². The molecule has 2 fully saturated rings. The van der Waals surface area contributed by atoms with Crippen molar-refractivity contribution in [2.24, 2.45) is 0 Å². The number of rotatable bonds is 3. The van der Waals surface area contributed by atoms with E-state index in [2.05, 4.69) is 10.6 Å². The fraction of sp³-hybridized carbons (Fsp3) is 0.412. The van der Waals surface area contributed by atoms with E-state index < -0.39 is 11.9 Å². The number of imide groups is 1. The quantitative estimate of drug-likeness (QED) is 0.683. The second-order valence-corrected chi connectivity index (χ2v) is 6.45. The number of nitrogens with zero attached hydrogens (tertiary/aromatic N) is 2. The first-order valence-electron chi connectivity index (χ1n) is 8.50. The lowest BCUT2D eigenvalue weighted by molar-refractivity contribution is -0.159. The molecule has 0 bridgehead atoms. The minimum absolute atomic E-state index is 0.180. The lowest BCUT2D eigenvalue weighted by Gasteiger charge is -2.29. The van der Waals surface area contributed by atoms with Crippen LogP contribution in [0.15, 0.2) is 18.2 Å². The van der Waals surface area contributed by atoms with Crippen LogP contribution in [0.3, 0.4) is 0 Å². The molecule has 3 heterocycles. The molecule has 3 aliphatic rings. The molecule has 1 aromatic rings. The Bertz CT molecular complexity index is 808. The predicted octanol–water partition coefficient (Wildman–Crippen LogP) is -0.827. The number of amides is 4. The van der Waals surface area contributed by atoms with Gasteiger partial charge in [0.15, 0.2) is 5.75 Å². The lowest BCUT2D eigenvalue weighted by Crippen LogP contribution is -2.52. The molecule has 0 spiro atoms. The molecule has 0 radical (unpaired) electrons. The first kappa shape index (κ1) is 16.5. The van der Waals surface area contributed by atoms with Crippen LogP contribution in [0.1, 0.15) is 28.8 Å². The van der Waals surface area contributed by atoms with E-state index in [1.165, 1.54) is 9.96 Å². The maximum Gasteiger partial charge on any atom is 0.269 e. The lowest BCUT2D eigenvalue weighted by atomic mass is 10.0. The molecule has 1 unspecified atom stereocenters. The van der Waals surface area contributed by atoms with Gasteiger partial charge >= 0.3 is 0 Å². The molecule has 9 nitrogen and oxygen atoms in total. The third-order valence-electron chi connectivity index (χ3n) is 4.79. The summed E-state index contributed by atoms with van der Waals surface area (Å²) in [6, 6.07) is 4.39. The Kier molecular flexibility index (Phi) is 4.08. The van der Waals surface area contributed by atoms with Gasteiger partial charge in [0.2, 0.25) is 11.8 Å². The van der Waals surface area contributed by atoms with Crippen LogP contribution in [0, 0.1) is 0 Å². The molecule has 136 valence electrons. The molecular weight excluding hydrogens is 340 g/mol. The van der Waals surface area contributed by atoms with Crippen molar-refractivity contribution >= 4 is 23.6 Å². The zero-order valence-electron chi connectivity index (χ0n) is 14.0. The summed E-state index contributed by atoms with van der Waals surface area (Å²) in [7, 11) is 0. The summed E-state index contributed by atoms with van der Waals surface area (Å²) in [6.45, 7) is 1.45. The van der Waals surface area contributed by atoms with Gasteiger partial charge in [-0.05, 0) is 18.6 Å². The Morgan fingerprint density at radius 1 is 1.15 bits per heavy atom. The third-order valence-corrected chi connectivity index (χ3v) is 4.79. The molecule has 0 saturated carbocycles. The van der Waals surface area contributed by atoms with Crippen molar-refractivity contribution in [2.75, 3.05) is 19.6 Å². The van der Waals surface area contributed by atoms with Gasteiger partial charge in [0.25, 0.3) is 11.8 Å². The molecular formula is C17H18N4O5. The number of nitrogens with one attached hydrogen (secondary N) is 2. The summed E-state index contributed by atoms with van der Waals surface area (Å²) >= 11 is 0. The van der Waals surface area contributed by atoms with E-state index in [-0.39, 0.29) is 37.2 Å². The van der Waals surface area contributed by atoms with E-state index in [9.17, 15) is 19.2 Å². The number of fused-ring (bicyclic) bond motifs is 1. The normalized spacial score (nSPS) is 23.2. The highest BCUT2D eigenvalue weighted by atomic mass is 16.7. The van der Waals surface area contributed by atoms with Crippen molar-refractivity contribution in [3.63, 3.8) is 0 Å². The first-order valence-corrected chi connectivity index (χ1v) is 8.50. The number of hydroxylamine groups is 2. The van der Waals surface area contributed by atoms with Crippen molar-refractivity contribution < 1.29 is 24.0 Å². The van der Waals surface area contributed by atoms with Crippen LogP contribution in [-0.4, -0.2) is 59.3 Å². The highest BCUT2D eigenvalue weighted by Crippen LogP contribution is 2.33. The summed E-state index contributed by atoms with van der Waals surface area (Å²) in [4.78, 5) is 55.3. The molecule has 0 aliphatic carbocycles. The summed E-state index contributed by atoms with van der Waals surface area (Å²) in [5.74, 6) is -0.800. The molecule has 4 amide bonds.